The summed E-state index contributed by atoms with van der Waals surface area (Å²) in [6.45, 7) is 2.78. The number of esters is 1. The van der Waals surface area contributed by atoms with Crippen LogP contribution in [0.3, 0.4) is 0 Å². The van der Waals surface area contributed by atoms with Gasteiger partial charge in [-0.2, -0.15) is 0 Å². The van der Waals surface area contributed by atoms with Gasteiger partial charge in [0.05, 0.1) is 17.0 Å². The molecule has 2 aliphatic rings. The van der Waals surface area contributed by atoms with Crippen molar-refractivity contribution in [2.24, 2.45) is 0 Å². The molecule has 1 saturated heterocycles. The summed E-state index contributed by atoms with van der Waals surface area (Å²) in [5.74, 6) is -2.11. The van der Waals surface area contributed by atoms with E-state index in [4.69, 9.17) is 9.47 Å². The van der Waals surface area contributed by atoms with Crippen molar-refractivity contribution in [3.05, 3.63) is 53.7 Å². The number of sulfonamides is 1. The lowest BCUT2D eigenvalue weighted by Crippen LogP contribution is -2.33. The normalized spacial score (nSPS) is 23.9. The Morgan fingerprint density at radius 1 is 1.25 bits per heavy atom. The Kier molecular flexibility index (Phi) is 4.15. The maximum atomic E-state index is 13.2. The van der Waals surface area contributed by atoms with Gasteiger partial charge in [0.15, 0.2) is 0 Å². The summed E-state index contributed by atoms with van der Waals surface area (Å²) in [6, 6.07) is 10.8. The van der Waals surface area contributed by atoms with Crippen LogP contribution in [0, 0.1) is 0 Å². The van der Waals surface area contributed by atoms with Gasteiger partial charge in [0.2, 0.25) is 21.4 Å². The highest BCUT2D eigenvalue weighted by Crippen LogP contribution is 2.41. The van der Waals surface area contributed by atoms with E-state index in [0.717, 1.165) is 16.6 Å². The molecule has 1 aromatic carbocycles. The van der Waals surface area contributed by atoms with E-state index in [9.17, 15) is 18.0 Å². The molecule has 1 fully saturated rings. The fraction of sp³-hybridized carbons (Fsp3) is 0.316. The number of nitrogens with zero attached hydrogens (tertiary/aromatic N) is 2. The molecule has 2 aromatic rings. The van der Waals surface area contributed by atoms with Gasteiger partial charge < -0.3 is 9.47 Å². The number of para-hydroxylation sites is 1. The summed E-state index contributed by atoms with van der Waals surface area (Å²) < 4.78 is 36.6. The molecule has 28 heavy (non-hydrogen) atoms. The lowest BCUT2D eigenvalue weighted by molar-refractivity contribution is -0.142. The van der Waals surface area contributed by atoms with Crippen LogP contribution in [0.2, 0.25) is 0 Å². The summed E-state index contributed by atoms with van der Waals surface area (Å²) in [4.78, 5) is 29.2. The van der Waals surface area contributed by atoms with Gasteiger partial charge in [0, 0.05) is 18.9 Å². The first-order valence-electron chi connectivity index (χ1n) is 8.75. The summed E-state index contributed by atoms with van der Waals surface area (Å²) in [5.41, 5.74) is -0.649. The van der Waals surface area contributed by atoms with Crippen LogP contribution in [0.1, 0.15) is 26.0 Å². The minimum Gasteiger partial charge on any atom is -0.454 e. The minimum absolute atomic E-state index is 0.0632. The summed E-state index contributed by atoms with van der Waals surface area (Å²) >= 11 is 0. The van der Waals surface area contributed by atoms with E-state index in [1.54, 1.807) is 18.2 Å². The maximum absolute atomic E-state index is 13.2. The fourth-order valence-electron chi connectivity index (χ4n) is 3.37. The number of benzene rings is 1. The molecule has 0 radical (unpaired) electrons. The molecule has 0 saturated carbocycles. The van der Waals surface area contributed by atoms with Crippen LogP contribution in [0.4, 0.5) is 0 Å². The third-order valence-electron chi connectivity index (χ3n) is 4.79. The van der Waals surface area contributed by atoms with Crippen LogP contribution in [-0.2, 0) is 34.7 Å². The average molecular weight is 402 g/mol. The molecule has 1 aromatic heterocycles. The van der Waals surface area contributed by atoms with Crippen molar-refractivity contribution in [2.75, 3.05) is 12.3 Å². The van der Waals surface area contributed by atoms with E-state index in [0.29, 0.717) is 17.6 Å². The third-order valence-corrected chi connectivity index (χ3v) is 6.62. The van der Waals surface area contributed by atoms with Crippen LogP contribution >= 0.6 is 0 Å². The second-order valence-corrected chi connectivity index (χ2v) is 8.84. The molecule has 0 amide bonds. The number of rotatable bonds is 3. The second kappa shape index (κ2) is 6.30. The molecule has 0 bridgehead atoms. The molecular formula is C19H18N2O6S. The Bertz CT molecular complexity index is 1140. The minimum atomic E-state index is -3.64. The number of carbonyl (C=O) groups excluding carboxylic acids is 2. The largest absolute Gasteiger partial charge is 0.454 e. The van der Waals surface area contributed by atoms with Crippen molar-refractivity contribution in [2.45, 2.75) is 25.9 Å². The SMILES string of the molecule is CC(=O)OC1=C(N2CCCS2(=O)=O)OC(C)(c2ccc3ccccc3n2)C1=O. The van der Waals surface area contributed by atoms with Crippen LogP contribution in [0.25, 0.3) is 10.9 Å². The zero-order valence-electron chi connectivity index (χ0n) is 15.3. The highest BCUT2D eigenvalue weighted by molar-refractivity contribution is 7.89. The van der Waals surface area contributed by atoms with Crippen molar-refractivity contribution in [1.29, 1.82) is 0 Å². The Hall–Kier alpha value is -2.94. The zero-order chi connectivity index (χ0) is 20.1. The predicted molar refractivity (Wildman–Crippen MR) is 99.1 cm³/mol. The standard InChI is InChI=1S/C19H18N2O6S/c1-12(22)26-16-17(23)19(2,27-18(16)21-10-5-11-28(21,24)25)15-9-8-13-6-3-4-7-14(13)20-15/h3-4,6-9H,5,10-11H2,1-2H3. The number of aromatic nitrogens is 1. The number of fused-ring (bicyclic) bond motifs is 1. The molecule has 146 valence electrons. The van der Waals surface area contributed by atoms with Gasteiger partial charge in [-0.25, -0.2) is 17.7 Å². The van der Waals surface area contributed by atoms with E-state index in [1.165, 1.54) is 6.92 Å². The van der Waals surface area contributed by atoms with E-state index in [-0.39, 0.29) is 18.2 Å². The highest BCUT2D eigenvalue weighted by Gasteiger charge is 2.53. The number of hydrogen-bond acceptors (Lipinski definition) is 7. The molecule has 2 aliphatic heterocycles. The van der Waals surface area contributed by atoms with Crippen LogP contribution in [0.15, 0.2) is 48.0 Å². The predicted octanol–water partition coefficient (Wildman–Crippen LogP) is 1.82. The van der Waals surface area contributed by atoms with Crippen molar-refractivity contribution >= 4 is 32.7 Å². The molecule has 9 heteroatoms. The second-order valence-electron chi connectivity index (χ2n) is 6.82. The topological polar surface area (TPSA) is 103 Å². The van der Waals surface area contributed by atoms with Crippen molar-refractivity contribution in [1.82, 2.24) is 9.29 Å². The van der Waals surface area contributed by atoms with E-state index in [1.807, 2.05) is 18.2 Å². The summed E-state index contributed by atoms with van der Waals surface area (Å²) in [5, 5.41) is 0.885. The van der Waals surface area contributed by atoms with Gasteiger partial charge in [0.1, 0.15) is 0 Å². The molecule has 1 atom stereocenters. The third kappa shape index (κ3) is 2.82. The number of pyridine rings is 1. The van der Waals surface area contributed by atoms with Gasteiger partial charge in [-0.05, 0) is 25.5 Å². The first-order valence-corrected chi connectivity index (χ1v) is 10.4. The number of ketones is 1. The monoisotopic (exact) mass is 402 g/mol. The van der Waals surface area contributed by atoms with Crippen molar-refractivity contribution in [3.8, 4) is 0 Å². The number of carbonyl (C=O) groups is 2. The fourth-order valence-corrected chi connectivity index (χ4v) is 4.86. The highest BCUT2D eigenvalue weighted by atomic mass is 32.2. The number of Topliss-reactive ketones (excluding diaryl/α,β-unsaturated/α-hetero) is 1. The molecule has 0 aliphatic carbocycles. The molecule has 0 spiro atoms. The van der Waals surface area contributed by atoms with Crippen LogP contribution in [-0.4, -0.2) is 41.8 Å². The van der Waals surface area contributed by atoms with Crippen LogP contribution in [0.5, 0.6) is 0 Å². The molecule has 8 nitrogen and oxygen atoms in total. The smallest absolute Gasteiger partial charge is 0.308 e. The quantitative estimate of drug-likeness (QED) is 0.722. The van der Waals surface area contributed by atoms with Gasteiger partial charge in [0.25, 0.3) is 11.7 Å². The first-order chi connectivity index (χ1) is 13.2. The van der Waals surface area contributed by atoms with E-state index < -0.39 is 33.1 Å². The van der Waals surface area contributed by atoms with Gasteiger partial charge in [-0.1, -0.05) is 24.3 Å². The average Bonchev–Trinajstić information content (AvgIpc) is 3.12. The zero-order valence-corrected chi connectivity index (χ0v) is 16.2. The maximum Gasteiger partial charge on any atom is 0.308 e. The van der Waals surface area contributed by atoms with Crippen molar-refractivity contribution in [3.63, 3.8) is 0 Å². The van der Waals surface area contributed by atoms with E-state index in [2.05, 4.69) is 4.98 Å². The lowest BCUT2D eigenvalue weighted by Gasteiger charge is -2.25. The number of hydrogen-bond donors (Lipinski definition) is 0. The van der Waals surface area contributed by atoms with Gasteiger partial charge >= 0.3 is 5.97 Å². The van der Waals surface area contributed by atoms with E-state index >= 15 is 0 Å². The Balaban J connectivity index is 1.81. The van der Waals surface area contributed by atoms with Gasteiger partial charge in [-0.15, -0.1) is 0 Å². The van der Waals surface area contributed by atoms with Crippen molar-refractivity contribution < 1.29 is 27.5 Å². The molecule has 4 rings (SSSR count). The van der Waals surface area contributed by atoms with Crippen LogP contribution < -0.4 is 0 Å². The molecule has 3 heterocycles. The summed E-state index contributed by atoms with van der Waals surface area (Å²) in [6.07, 6.45) is 0.391. The lowest BCUT2D eigenvalue weighted by atomic mass is 9.95. The summed E-state index contributed by atoms with van der Waals surface area (Å²) in [7, 11) is -3.64. The molecule has 1 unspecified atom stereocenters. The molecule has 0 N–H and O–H groups in total. The Morgan fingerprint density at radius 3 is 2.68 bits per heavy atom. The Morgan fingerprint density at radius 2 is 2.00 bits per heavy atom. The number of ether oxygens (including phenoxy) is 2. The first kappa shape index (κ1) is 18.4. The Labute approximate surface area is 161 Å². The van der Waals surface area contributed by atoms with Gasteiger partial charge in [-0.3, -0.25) is 9.59 Å². The molecular weight excluding hydrogens is 384 g/mol.